The smallest absolute Gasteiger partial charge is 0.317 e. The van der Waals surface area contributed by atoms with Crippen LogP contribution >= 0.6 is 11.3 Å². The van der Waals surface area contributed by atoms with Gasteiger partial charge in [-0.05, 0) is 25.2 Å². The van der Waals surface area contributed by atoms with Crippen molar-refractivity contribution in [2.75, 3.05) is 5.32 Å². The molecule has 12 heteroatoms. The summed E-state index contributed by atoms with van der Waals surface area (Å²) in [7, 11) is 0. The Hall–Kier alpha value is -2.50. The van der Waals surface area contributed by atoms with Crippen molar-refractivity contribution < 1.29 is 27.6 Å². The predicted molar refractivity (Wildman–Crippen MR) is 86.1 cm³/mol. The van der Waals surface area contributed by atoms with Gasteiger partial charge in [0.1, 0.15) is 6.17 Å². The summed E-state index contributed by atoms with van der Waals surface area (Å²) in [5.74, 6) is -1.35. The topological polar surface area (TPSA) is 104 Å². The fraction of sp³-hybridized carbons (Fsp3) is 0.533. The Bertz CT molecular complexity index is 824. The molecule has 2 fully saturated rings. The summed E-state index contributed by atoms with van der Waals surface area (Å²) in [6.45, 7) is 1.47. The Labute approximate surface area is 154 Å². The lowest BCUT2D eigenvalue weighted by atomic mass is 9.85. The van der Waals surface area contributed by atoms with Crippen molar-refractivity contribution in [3.8, 4) is 0 Å². The molecule has 1 aromatic heterocycles. The fourth-order valence-electron chi connectivity index (χ4n) is 4.08. The number of halogens is 3. The summed E-state index contributed by atoms with van der Waals surface area (Å²) in [6.07, 6.45) is -0.884. The van der Waals surface area contributed by atoms with Crippen LogP contribution in [-0.4, -0.2) is 39.1 Å². The number of urea groups is 1. The van der Waals surface area contributed by atoms with E-state index in [0.29, 0.717) is 0 Å². The Morgan fingerprint density at radius 1 is 1.22 bits per heavy atom. The first-order valence-electron chi connectivity index (χ1n) is 8.20. The van der Waals surface area contributed by atoms with Gasteiger partial charge in [0.05, 0.1) is 11.8 Å². The van der Waals surface area contributed by atoms with Gasteiger partial charge in [-0.1, -0.05) is 23.5 Å². The molecule has 27 heavy (non-hydrogen) atoms. The van der Waals surface area contributed by atoms with Crippen LogP contribution in [0.5, 0.6) is 0 Å². The van der Waals surface area contributed by atoms with Gasteiger partial charge in [0, 0.05) is 0 Å². The highest BCUT2D eigenvalue weighted by molar-refractivity contribution is 7.15. The Morgan fingerprint density at radius 2 is 1.81 bits per heavy atom. The molecule has 3 aliphatic rings. The van der Waals surface area contributed by atoms with Gasteiger partial charge < -0.3 is 5.32 Å². The summed E-state index contributed by atoms with van der Waals surface area (Å²) < 4.78 is 37.5. The number of hydrogen-bond donors (Lipinski definition) is 2. The van der Waals surface area contributed by atoms with E-state index in [1.807, 2.05) is 12.2 Å². The van der Waals surface area contributed by atoms with E-state index < -0.39 is 35.2 Å². The van der Waals surface area contributed by atoms with Crippen LogP contribution in [-0.2, 0) is 15.8 Å². The highest BCUT2D eigenvalue weighted by atomic mass is 32.1. The van der Waals surface area contributed by atoms with Gasteiger partial charge in [0.15, 0.2) is 0 Å². The average Bonchev–Trinajstić information content (AvgIpc) is 3.30. The maximum Gasteiger partial charge on any atom is 0.445 e. The zero-order valence-corrected chi connectivity index (χ0v) is 14.7. The number of nitrogens with zero attached hydrogens (tertiary/aromatic N) is 3. The second-order valence-corrected chi connectivity index (χ2v) is 7.71. The Kier molecular flexibility index (Phi) is 3.98. The molecular weight excluding hydrogens is 387 g/mol. The van der Waals surface area contributed by atoms with E-state index in [0.717, 1.165) is 11.3 Å². The van der Waals surface area contributed by atoms with Crippen LogP contribution in [0.2, 0.25) is 0 Å². The van der Waals surface area contributed by atoms with Crippen molar-refractivity contribution in [1.29, 1.82) is 0 Å². The van der Waals surface area contributed by atoms with E-state index in [4.69, 9.17) is 0 Å². The van der Waals surface area contributed by atoms with Gasteiger partial charge in [-0.3, -0.25) is 19.8 Å². The third kappa shape index (κ3) is 2.87. The lowest BCUT2D eigenvalue weighted by Gasteiger charge is -2.25. The Balaban J connectivity index is 1.40. The normalized spacial score (nSPS) is 30.0. The molecule has 2 aliphatic carbocycles. The van der Waals surface area contributed by atoms with Crippen LogP contribution in [0.4, 0.5) is 23.1 Å². The first kappa shape index (κ1) is 17.9. The van der Waals surface area contributed by atoms with Crippen molar-refractivity contribution >= 4 is 34.3 Å². The number of nitrogens with one attached hydrogen (secondary N) is 2. The second kappa shape index (κ2) is 6.01. The van der Waals surface area contributed by atoms with Crippen LogP contribution in [0.25, 0.3) is 0 Å². The van der Waals surface area contributed by atoms with Gasteiger partial charge in [0.25, 0.3) is 0 Å². The number of alkyl halides is 3. The zero-order valence-electron chi connectivity index (χ0n) is 13.9. The van der Waals surface area contributed by atoms with Crippen molar-refractivity contribution in [2.45, 2.75) is 25.7 Å². The lowest BCUT2D eigenvalue weighted by molar-refractivity contribution is -0.143. The monoisotopic (exact) mass is 401 g/mol. The standard InChI is InChI=1S/C15H14F3N5O3S/c1-5(19-13(26)20-14-22-21-12(27-14)15(16,17)18)23-10(24)8-6-2-3-7(4-6)9(8)11(23)25/h2-3,5-9H,4H2,1H3,(H2,19,20,22,26)/t5-,6+,7+,8-,9+/m1/s1. The third-order valence-electron chi connectivity index (χ3n) is 5.12. The van der Waals surface area contributed by atoms with E-state index in [1.54, 1.807) is 0 Å². The third-order valence-corrected chi connectivity index (χ3v) is 6.00. The summed E-state index contributed by atoms with van der Waals surface area (Å²) in [5.41, 5.74) is 0. The number of fused-ring (bicyclic) bond motifs is 5. The molecule has 2 heterocycles. The van der Waals surface area contributed by atoms with Gasteiger partial charge in [-0.25, -0.2) is 4.79 Å². The van der Waals surface area contributed by atoms with Crippen LogP contribution in [0.3, 0.4) is 0 Å². The molecule has 1 saturated carbocycles. The molecule has 1 aromatic rings. The van der Waals surface area contributed by atoms with Crippen molar-refractivity contribution in [1.82, 2.24) is 20.4 Å². The Morgan fingerprint density at radius 3 is 2.33 bits per heavy atom. The molecule has 5 atom stereocenters. The quantitative estimate of drug-likeness (QED) is 0.594. The van der Waals surface area contributed by atoms with Crippen LogP contribution in [0, 0.1) is 23.7 Å². The molecule has 1 aliphatic heterocycles. The van der Waals surface area contributed by atoms with Crippen LogP contribution in [0.1, 0.15) is 18.4 Å². The van der Waals surface area contributed by atoms with Crippen molar-refractivity contribution in [3.05, 3.63) is 17.2 Å². The number of rotatable bonds is 3. The number of amides is 4. The minimum Gasteiger partial charge on any atom is -0.317 e. The molecular formula is C15H14F3N5O3S. The zero-order chi connectivity index (χ0) is 19.5. The molecule has 0 radical (unpaired) electrons. The number of imide groups is 1. The van der Waals surface area contributed by atoms with E-state index in [-0.39, 0.29) is 40.1 Å². The number of aromatic nitrogens is 2. The molecule has 2 N–H and O–H groups in total. The first-order valence-corrected chi connectivity index (χ1v) is 9.02. The van der Waals surface area contributed by atoms with E-state index in [2.05, 4.69) is 20.8 Å². The summed E-state index contributed by atoms with van der Waals surface area (Å²) in [5, 5.41) is 9.20. The fourth-order valence-corrected chi connectivity index (χ4v) is 4.69. The average molecular weight is 401 g/mol. The minimum absolute atomic E-state index is 0.0460. The number of allylic oxidation sites excluding steroid dienone is 2. The number of carbonyl (C=O) groups is 3. The SMILES string of the molecule is C[C@H](NC(=O)Nc1nnc(C(F)(F)F)s1)N1C(=O)[C@@H]2[C@H](C1=O)[C@H]1C=C[C@H]2C1. The highest BCUT2D eigenvalue weighted by Gasteiger charge is 2.60. The molecule has 4 amide bonds. The van der Waals surface area contributed by atoms with Gasteiger partial charge in [-0.2, -0.15) is 13.2 Å². The minimum atomic E-state index is -4.65. The summed E-state index contributed by atoms with van der Waals surface area (Å²) in [4.78, 5) is 38.3. The molecule has 0 spiro atoms. The largest absolute Gasteiger partial charge is 0.445 e. The van der Waals surface area contributed by atoms with E-state index >= 15 is 0 Å². The highest BCUT2D eigenvalue weighted by Crippen LogP contribution is 2.52. The summed E-state index contributed by atoms with van der Waals surface area (Å²) >= 11 is 0.176. The predicted octanol–water partition coefficient (Wildman–Crippen LogP) is 1.83. The second-order valence-electron chi connectivity index (χ2n) is 6.73. The van der Waals surface area contributed by atoms with E-state index in [1.165, 1.54) is 6.92 Å². The molecule has 8 nitrogen and oxygen atoms in total. The van der Waals surface area contributed by atoms with E-state index in [9.17, 15) is 27.6 Å². The van der Waals surface area contributed by atoms with Crippen molar-refractivity contribution in [3.63, 3.8) is 0 Å². The van der Waals surface area contributed by atoms with Gasteiger partial charge in [0.2, 0.25) is 22.0 Å². The van der Waals surface area contributed by atoms with Gasteiger partial charge >= 0.3 is 12.2 Å². The number of carbonyl (C=O) groups excluding carboxylic acids is 3. The maximum absolute atomic E-state index is 12.6. The van der Waals surface area contributed by atoms with Gasteiger partial charge in [-0.15, -0.1) is 10.2 Å². The summed E-state index contributed by atoms with van der Waals surface area (Å²) in [6, 6.07) is -0.883. The molecule has 2 bridgehead atoms. The molecule has 144 valence electrons. The molecule has 0 unspecified atom stereocenters. The van der Waals surface area contributed by atoms with Crippen molar-refractivity contribution in [2.24, 2.45) is 23.7 Å². The number of likely N-dealkylation sites (tertiary alicyclic amines) is 1. The maximum atomic E-state index is 12.6. The number of hydrogen-bond acceptors (Lipinski definition) is 6. The first-order chi connectivity index (χ1) is 12.7. The molecule has 0 aromatic carbocycles. The molecule has 4 rings (SSSR count). The lowest BCUT2D eigenvalue weighted by Crippen LogP contribution is -2.51. The van der Waals surface area contributed by atoms with Crippen LogP contribution in [0.15, 0.2) is 12.2 Å². The number of anilines is 1. The van der Waals surface area contributed by atoms with Crippen LogP contribution < -0.4 is 10.6 Å². The molecule has 1 saturated heterocycles.